The van der Waals surface area contributed by atoms with Gasteiger partial charge in [0.2, 0.25) is 0 Å². The van der Waals surface area contributed by atoms with Gasteiger partial charge in [-0.2, -0.15) is 8.42 Å². The predicted octanol–water partition coefficient (Wildman–Crippen LogP) is 3.20. The van der Waals surface area contributed by atoms with Gasteiger partial charge in [0.25, 0.3) is 10.1 Å². The molecule has 2 aromatic carbocycles. The Morgan fingerprint density at radius 2 is 1.79 bits per heavy atom. The first-order valence-corrected chi connectivity index (χ1v) is 9.23. The van der Waals surface area contributed by atoms with Crippen molar-refractivity contribution in [2.75, 3.05) is 13.2 Å². The lowest BCUT2D eigenvalue weighted by Gasteiger charge is -2.30. The molecular formula is C18H20O5S. The highest BCUT2D eigenvalue weighted by Crippen LogP contribution is 2.26. The van der Waals surface area contributed by atoms with Crippen molar-refractivity contribution in [1.82, 2.24) is 0 Å². The third-order valence-corrected chi connectivity index (χ3v) is 5.11. The van der Waals surface area contributed by atoms with Gasteiger partial charge in [-0.05, 0) is 25.5 Å². The van der Waals surface area contributed by atoms with Crippen molar-refractivity contribution in [1.29, 1.82) is 0 Å². The lowest BCUT2D eigenvalue weighted by molar-refractivity contribution is -0.222. The first-order chi connectivity index (χ1) is 11.5. The number of ether oxygens (including phenoxy) is 2. The summed E-state index contributed by atoms with van der Waals surface area (Å²) in [6, 6.07) is 16.1. The SMILES string of the molecule is Cc1ccc(S(=O)(=O)OC[C@@H]2CCO[C@H](c3ccccc3)O2)cc1. The van der Waals surface area contributed by atoms with Crippen molar-refractivity contribution in [2.45, 2.75) is 30.6 Å². The van der Waals surface area contributed by atoms with E-state index in [2.05, 4.69) is 0 Å². The molecule has 0 saturated carbocycles. The van der Waals surface area contributed by atoms with Crippen LogP contribution in [0.2, 0.25) is 0 Å². The number of aryl methyl sites for hydroxylation is 1. The molecule has 0 radical (unpaired) electrons. The molecule has 1 aliphatic heterocycles. The van der Waals surface area contributed by atoms with Crippen molar-refractivity contribution in [3.8, 4) is 0 Å². The minimum Gasteiger partial charge on any atom is -0.348 e. The highest BCUT2D eigenvalue weighted by molar-refractivity contribution is 7.86. The van der Waals surface area contributed by atoms with Crippen LogP contribution in [-0.4, -0.2) is 27.7 Å². The molecule has 2 atom stereocenters. The number of hydrogen-bond acceptors (Lipinski definition) is 5. The van der Waals surface area contributed by atoms with E-state index < -0.39 is 16.4 Å². The van der Waals surface area contributed by atoms with E-state index in [0.29, 0.717) is 13.0 Å². The van der Waals surface area contributed by atoms with Crippen molar-refractivity contribution in [2.24, 2.45) is 0 Å². The monoisotopic (exact) mass is 348 g/mol. The lowest BCUT2D eigenvalue weighted by Crippen LogP contribution is -2.31. The first kappa shape index (κ1) is 17.1. The average Bonchev–Trinajstić information content (AvgIpc) is 2.61. The summed E-state index contributed by atoms with van der Waals surface area (Å²) in [6.45, 7) is 2.37. The van der Waals surface area contributed by atoms with Gasteiger partial charge in [-0.3, -0.25) is 4.18 Å². The fraction of sp³-hybridized carbons (Fsp3) is 0.333. The van der Waals surface area contributed by atoms with Gasteiger partial charge in [0, 0.05) is 5.56 Å². The molecule has 0 spiro atoms. The largest absolute Gasteiger partial charge is 0.348 e. The quantitative estimate of drug-likeness (QED) is 0.777. The minimum absolute atomic E-state index is 0.0249. The molecule has 1 heterocycles. The summed E-state index contributed by atoms with van der Waals surface area (Å²) in [5, 5.41) is 0. The fourth-order valence-electron chi connectivity index (χ4n) is 2.43. The standard InChI is InChI=1S/C18H20O5S/c1-14-7-9-17(10-8-14)24(19,20)22-13-16-11-12-21-18(23-16)15-5-3-2-4-6-15/h2-10,16,18H,11-13H2,1H3/t16-,18-/m0/s1. The van der Waals surface area contributed by atoms with Crippen molar-refractivity contribution in [3.63, 3.8) is 0 Å². The molecule has 0 amide bonds. The van der Waals surface area contributed by atoms with Crippen LogP contribution in [0.1, 0.15) is 23.8 Å². The Labute approximate surface area is 142 Å². The van der Waals surface area contributed by atoms with Crippen LogP contribution in [0.3, 0.4) is 0 Å². The molecule has 2 aromatic rings. The summed E-state index contributed by atoms with van der Waals surface area (Å²) >= 11 is 0. The zero-order valence-corrected chi connectivity index (χ0v) is 14.2. The maximum Gasteiger partial charge on any atom is 0.297 e. The Bertz CT molecular complexity index is 756. The molecule has 1 saturated heterocycles. The Morgan fingerprint density at radius 3 is 2.50 bits per heavy atom. The van der Waals surface area contributed by atoms with Crippen LogP contribution in [0.15, 0.2) is 59.5 Å². The summed E-state index contributed by atoms with van der Waals surface area (Å²) < 4.78 is 41.0. The Hall–Kier alpha value is -1.73. The van der Waals surface area contributed by atoms with E-state index in [1.807, 2.05) is 37.3 Å². The molecule has 3 rings (SSSR count). The van der Waals surface area contributed by atoms with Crippen LogP contribution in [0.25, 0.3) is 0 Å². The van der Waals surface area contributed by atoms with Gasteiger partial charge in [-0.25, -0.2) is 0 Å². The van der Waals surface area contributed by atoms with Crippen molar-refractivity contribution in [3.05, 3.63) is 65.7 Å². The predicted molar refractivity (Wildman–Crippen MR) is 88.9 cm³/mol. The maximum atomic E-state index is 12.2. The molecule has 0 aromatic heterocycles. The van der Waals surface area contributed by atoms with E-state index in [1.54, 1.807) is 24.3 Å². The topological polar surface area (TPSA) is 61.8 Å². The second-order valence-electron chi connectivity index (χ2n) is 5.71. The third-order valence-electron chi connectivity index (χ3n) is 3.82. The smallest absolute Gasteiger partial charge is 0.297 e. The highest BCUT2D eigenvalue weighted by atomic mass is 32.2. The van der Waals surface area contributed by atoms with E-state index in [1.165, 1.54) is 0 Å². The average molecular weight is 348 g/mol. The minimum atomic E-state index is -3.78. The van der Waals surface area contributed by atoms with Gasteiger partial charge in [0.1, 0.15) is 0 Å². The molecule has 24 heavy (non-hydrogen) atoms. The number of rotatable bonds is 5. The molecule has 1 aliphatic rings. The number of benzene rings is 2. The first-order valence-electron chi connectivity index (χ1n) is 7.83. The molecule has 0 aliphatic carbocycles. The summed E-state index contributed by atoms with van der Waals surface area (Å²) in [5.74, 6) is 0. The molecule has 128 valence electrons. The second-order valence-corrected chi connectivity index (χ2v) is 7.33. The fourth-order valence-corrected chi connectivity index (χ4v) is 3.37. The van der Waals surface area contributed by atoms with E-state index in [0.717, 1.165) is 11.1 Å². The van der Waals surface area contributed by atoms with E-state index >= 15 is 0 Å². The molecule has 1 fully saturated rings. The highest BCUT2D eigenvalue weighted by Gasteiger charge is 2.26. The molecule has 6 heteroatoms. The van der Waals surface area contributed by atoms with Gasteiger partial charge in [0.15, 0.2) is 6.29 Å². The van der Waals surface area contributed by atoms with Gasteiger partial charge in [-0.1, -0.05) is 48.0 Å². The third kappa shape index (κ3) is 4.21. The van der Waals surface area contributed by atoms with E-state index in [-0.39, 0.29) is 17.6 Å². The molecular weight excluding hydrogens is 328 g/mol. The number of hydrogen-bond donors (Lipinski definition) is 0. The summed E-state index contributed by atoms with van der Waals surface area (Å²) in [7, 11) is -3.78. The molecule has 0 N–H and O–H groups in total. The van der Waals surface area contributed by atoms with Gasteiger partial charge in [-0.15, -0.1) is 0 Å². The van der Waals surface area contributed by atoms with Crippen LogP contribution >= 0.6 is 0 Å². The lowest BCUT2D eigenvalue weighted by atomic mass is 10.2. The van der Waals surface area contributed by atoms with Gasteiger partial charge >= 0.3 is 0 Å². The van der Waals surface area contributed by atoms with Crippen LogP contribution in [0.4, 0.5) is 0 Å². The van der Waals surface area contributed by atoms with Crippen LogP contribution in [-0.2, 0) is 23.8 Å². The maximum absolute atomic E-state index is 12.2. The van der Waals surface area contributed by atoms with Crippen LogP contribution in [0, 0.1) is 6.92 Å². The van der Waals surface area contributed by atoms with E-state index in [4.69, 9.17) is 13.7 Å². The zero-order chi connectivity index (χ0) is 17.0. The zero-order valence-electron chi connectivity index (χ0n) is 13.4. The van der Waals surface area contributed by atoms with Gasteiger partial charge in [0.05, 0.1) is 24.2 Å². The van der Waals surface area contributed by atoms with Crippen LogP contribution in [0.5, 0.6) is 0 Å². The van der Waals surface area contributed by atoms with Crippen molar-refractivity contribution < 1.29 is 22.1 Å². The summed E-state index contributed by atoms with van der Waals surface area (Å²) in [5.41, 5.74) is 1.90. The second kappa shape index (κ2) is 7.44. The summed E-state index contributed by atoms with van der Waals surface area (Å²) in [4.78, 5) is 0.153. The van der Waals surface area contributed by atoms with Crippen molar-refractivity contribution >= 4 is 10.1 Å². The van der Waals surface area contributed by atoms with Crippen LogP contribution < -0.4 is 0 Å². The molecule has 0 unspecified atom stereocenters. The normalized spacial score (nSPS) is 21.5. The molecule has 0 bridgehead atoms. The Kier molecular flexibility index (Phi) is 5.30. The molecule has 5 nitrogen and oxygen atoms in total. The Balaban J connectivity index is 1.61. The summed E-state index contributed by atoms with van der Waals surface area (Å²) in [6.07, 6.45) is -0.230. The van der Waals surface area contributed by atoms with E-state index in [9.17, 15) is 8.42 Å². The van der Waals surface area contributed by atoms with Gasteiger partial charge < -0.3 is 9.47 Å². The Morgan fingerprint density at radius 1 is 1.08 bits per heavy atom.